The van der Waals surface area contributed by atoms with Gasteiger partial charge < -0.3 is 19.7 Å². The number of nitrogens with one attached hydrogen (secondary N) is 1. The van der Waals surface area contributed by atoms with Gasteiger partial charge in [-0.1, -0.05) is 17.7 Å². The van der Waals surface area contributed by atoms with E-state index in [0.717, 1.165) is 29.6 Å². The Labute approximate surface area is 173 Å². The third-order valence-electron chi connectivity index (χ3n) is 5.00. The molecule has 0 bridgehead atoms. The molecular formula is C23H21ClN2O3. The highest BCUT2D eigenvalue weighted by Gasteiger charge is 2.14. The summed E-state index contributed by atoms with van der Waals surface area (Å²) < 4.78 is 7.04. The lowest BCUT2D eigenvalue weighted by atomic mass is 10.00. The number of benzene rings is 2. The van der Waals surface area contributed by atoms with Crippen LogP contribution < -0.4 is 5.32 Å². The first-order valence-corrected chi connectivity index (χ1v) is 9.72. The Kier molecular flexibility index (Phi) is 5.32. The van der Waals surface area contributed by atoms with Crippen molar-refractivity contribution in [3.8, 4) is 0 Å². The second-order valence-electron chi connectivity index (χ2n) is 7.04. The third kappa shape index (κ3) is 4.15. The number of allylic oxidation sites excluding steroid dienone is 3. The Morgan fingerprint density at radius 1 is 1.28 bits per heavy atom. The van der Waals surface area contributed by atoms with Crippen molar-refractivity contribution in [1.82, 2.24) is 4.57 Å². The van der Waals surface area contributed by atoms with Crippen molar-refractivity contribution < 1.29 is 14.6 Å². The summed E-state index contributed by atoms with van der Waals surface area (Å²) in [6, 6.07) is 13.2. The maximum atomic E-state index is 12.1. The SMILES string of the molecule is COC(=O)c1cc(Cl)ccc1Nc1ccc2c(ccn2CC2C=C(O)C=CC2)c1. The number of carbonyl (C=O) groups excluding carboxylic acids is 1. The predicted octanol–water partition coefficient (Wildman–Crippen LogP) is 5.84. The second kappa shape index (κ2) is 8.05. The summed E-state index contributed by atoms with van der Waals surface area (Å²) in [7, 11) is 1.35. The minimum Gasteiger partial charge on any atom is -0.508 e. The summed E-state index contributed by atoms with van der Waals surface area (Å²) in [5, 5.41) is 14.6. The van der Waals surface area contributed by atoms with Gasteiger partial charge in [0.15, 0.2) is 0 Å². The van der Waals surface area contributed by atoms with Crippen molar-refractivity contribution >= 4 is 39.8 Å². The predicted molar refractivity (Wildman–Crippen MR) is 116 cm³/mol. The number of halogens is 1. The molecule has 1 aliphatic rings. The molecule has 3 aromatic rings. The minimum absolute atomic E-state index is 0.269. The highest BCUT2D eigenvalue weighted by Crippen LogP contribution is 2.28. The van der Waals surface area contributed by atoms with Crippen molar-refractivity contribution in [1.29, 1.82) is 0 Å². The van der Waals surface area contributed by atoms with Gasteiger partial charge in [-0.25, -0.2) is 4.79 Å². The maximum absolute atomic E-state index is 12.1. The molecule has 5 nitrogen and oxygen atoms in total. The lowest BCUT2D eigenvalue weighted by molar-refractivity contribution is 0.0602. The second-order valence-corrected chi connectivity index (χ2v) is 7.47. The largest absolute Gasteiger partial charge is 0.508 e. The van der Waals surface area contributed by atoms with Crippen molar-refractivity contribution in [3.05, 3.63) is 83.2 Å². The molecule has 0 radical (unpaired) electrons. The summed E-state index contributed by atoms with van der Waals surface area (Å²) in [5.41, 5.74) is 2.99. The number of ether oxygens (including phenoxy) is 1. The molecule has 1 unspecified atom stereocenters. The maximum Gasteiger partial charge on any atom is 0.340 e. The molecule has 1 atom stereocenters. The fourth-order valence-corrected chi connectivity index (χ4v) is 3.78. The number of rotatable bonds is 5. The van der Waals surface area contributed by atoms with E-state index in [9.17, 15) is 9.90 Å². The fraction of sp³-hybridized carbons (Fsp3) is 0.174. The van der Waals surface area contributed by atoms with E-state index in [2.05, 4.69) is 22.1 Å². The van der Waals surface area contributed by atoms with Crippen LogP contribution in [0, 0.1) is 5.92 Å². The van der Waals surface area contributed by atoms with Gasteiger partial charge in [0.1, 0.15) is 5.76 Å². The van der Waals surface area contributed by atoms with E-state index in [0.29, 0.717) is 22.0 Å². The van der Waals surface area contributed by atoms with E-state index in [-0.39, 0.29) is 5.92 Å². The number of carbonyl (C=O) groups is 1. The summed E-state index contributed by atoms with van der Waals surface area (Å²) in [4.78, 5) is 12.1. The van der Waals surface area contributed by atoms with Crippen LogP contribution in [0.2, 0.25) is 5.02 Å². The molecular weight excluding hydrogens is 388 g/mol. The summed E-state index contributed by atoms with van der Waals surface area (Å²) in [5.74, 6) is 0.152. The van der Waals surface area contributed by atoms with Gasteiger partial charge in [-0.2, -0.15) is 0 Å². The first-order valence-electron chi connectivity index (χ1n) is 9.34. The van der Waals surface area contributed by atoms with Gasteiger partial charge in [-0.05, 0) is 61.0 Å². The van der Waals surface area contributed by atoms with Crippen molar-refractivity contribution in [2.24, 2.45) is 5.92 Å². The molecule has 2 N–H and O–H groups in total. The average Bonchev–Trinajstić information content (AvgIpc) is 3.10. The van der Waals surface area contributed by atoms with Crippen LogP contribution in [0.4, 0.5) is 11.4 Å². The molecule has 2 aromatic carbocycles. The van der Waals surface area contributed by atoms with Crippen molar-refractivity contribution in [3.63, 3.8) is 0 Å². The molecule has 6 heteroatoms. The Hall–Kier alpha value is -3.18. The highest BCUT2D eigenvalue weighted by atomic mass is 35.5. The van der Waals surface area contributed by atoms with Gasteiger partial charge in [0.2, 0.25) is 0 Å². The number of hydrogen-bond acceptors (Lipinski definition) is 4. The Morgan fingerprint density at radius 2 is 2.14 bits per heavy atom. The Balaban J connectivity index is 1.58. The molecule has 0 amide bonds. The zero-order valence-corrected chi connectivity index (χ0v) is 16.7. The van der Waals surface area contributed by atoms with Gasteiger partial charge in [0, 0.05) is 40.3 Å². The van der Waals surface area contributed by atoms with Gasteiger partial charge in [-0.15, -0.1) is 0 Å². The summed E-state index contributed by atoms with van der Waals surface area (Å²) >= 11 is 6.03. The van der Waals surface area contributed by atoms with Crippen LogP contribution in [-0.2, 0) is 11.3 Å². The van der Waals surface area contributed by atoms with Crippen LogP contribution in [0.1, 0.15) is 16.8 Å². The number of nitrogens with zero attached hydrogens (tertiary/aromatic N) is 1. The first kappa shape index (κ1) is 19.2. The molecule has 0 fully saturated rings. The van der Waals surface area contributed by atoms with E-state index in [1.165, 1.54) is 7.11 Å². The fourth-order valence-electron chi connectivity index (χ4n) is 3.61. The van der Waals surface area contributed by atoms with Crippen LogP contribution in [0.15, 0.2) is 72.6 Å². The lowest BCUT2D eigenvalue weighted by Crippen LogP contribution is -2.09. The van der Waals surface area contributed by atoms with Crippen LogP contribution >= 0.6 is 11.6 Å². The van der Waals surface area contributed by atoms with Crippen molar-refractivity contribution in [2.45, 2.75) is 13.0 Å². The van der Waals surface area contributed by atoms with Gasteiger partial charge in [0.05, 0.1) is 18.4 Å². The molecule has 0 spiro atoms. The quantitative estimate of drug-likeness (QED) is 0.520. The minimum atomic E-state index is -0.444. The number of hydrogen-bond donors (Lipinski definition) is 2. The lowest BCUT2D eigenvalue weighted by Gasteiger charge is -2.16. The molecule has 1 aromatic heterocycles. The average molecular weight is 409 g/mol. The summed E-state index contributed by atoms with van der Waals surface area (Å²) in [6.07, 6.45) is 8.60. The highest BCUT2D eigenvalue weighted by molar-refractivity contribution is 6.31. The Morgan fingerprint density at radius 3 is 2.93 bits per heavy atom. The van der Waals surface area contributed by atoms with Crippen molar-refractivity contribution in [2.75, 3.05) is 12.4 Å². The number of anilines is 2. The number of aliphatic hydroxyl groups excluding tert-OH is 1. The number of methoxy groups -OCH3 is 1. The normalized spacial score (nSPS) is 15.9. The van der Waals surface area contributed by atoms with E-state index in [4.69, 9.17) is 16.3 Å². The topological polar surface area (TPSA) is 63.5 Å². The van der Waals surface area contributed by atoms with E-state index in [1.807, 2.05) is 30.4 Å². The molecule has 1 aliphatic carbocycles. The number of aromatic nitrogens is 1. The van der Waals surface area contributed by atoms with Crippen LogP contribution in [0.5, 0.6) is 0 Å². The number of esters is 1. The number of fused-ring (bicyclic) bond motifs is 1. The molecule has 1 heterocycles. The summed E-state index contributed by atoms with van der Waals surface area (Å²) in [6.45, 7) is 0.800. The molecule has 148 valence electrons. The Bertz CT molecular complexity index is 1130. The zero-order chi connectivity index (χ0) is 20.4. The van der Waals surface area contributed by atoms with Crippen LogP contribution in [-0.4, -0.2) is 22.8 Å². The molecule has 0 aliphatic heterocycles. The van der Waals surface area contributed by atoms with Gasteiger partial charge in [0.25, 0.3) is 0 Å². The van der Waals surface area contributed by atoms with E-state index in [1.54, 1.807) is 24.3 Å². The smallest absolute Gasteiger partial charge is 0.340 e. The van der Waals surface area contributed by atoms with E-state index < -0.39 is 5.97 Å². The van der Waals surface area contributed by atoms with Crippen LogP contribution in [0.3, 0.4) is 0 Å². The third-order valence-corrected chi connectivity index (χ3v) is 5.24. The molecule has 4 rings (SSSR count). The molecule has 0 saturated heterocycles. The standard InChI is InChI=1S/C23H21ClN2O3/c1-29-23(28)20-13-17(24)5-7-21(20)25-18-6-8-22-16(12-18)9-10-26(22)14-15-3-2-4-19(27)11-15/h2,4-13,15,25,27H,3,14H2,1H3. The van der Waals surface area contributed by atoms with Crippen LogP contribution in [0.25, 0.3) is 10.9 Å². The zero-order valence-electron chi connectivity index (χ0n) is 15.9. The monoisotopic (exact) mass is 408 g/mol. The molecule has 0 saturated carbocycles. The van der Waals surface area contributed by atoms with E-state index >= 15 is 0 Å². The van der Waals surface area contributed by atoms with Gasteiger partial charge >= 0.3 is 5.97 Å². The molecule has 29 heavy (non-hydrogen) atoms. The van der Waals surface area contributed by atoms with Gasteiger partial charge in [-0.3, -0.25) is 0 Å². The first-order chi connectivity index (χ1) is 14.0. The number of aliphatic hydroxyl groups is 1.